The lowest BCUT2D eigenvalue weighted by Gasteiger charge is -2.40. The van der Waals surface area contributed by atoms with Crippen LogP contribution in [0, 0.1) is 35.3 Å². The number of allylic oxidation sites excluding steroid dienone is 4. The molecule has 4 rings (SSSR count). The van der Waals surface area contributed by atoms with E-state index in [1.54, 1.807) is 6.07 Å². The van der Waals surface area contributed by atoms with Gasteiger partial charge in [-0.05, 0) is 79.2 Å². The first kappa shape index (κ1) is 27.0. The van der Waals surface area contributed by atoms with E-state index in [1.807, 2.05) is 35.1 Å². The van der Waals surface area contributed by atoms with Crippen molar-refractivity contribution in [3.8, 4) is 0 Å². The smallest absolute Gasteiger partial charge is 0.159 e. The van der Waals surface area contributed by atoms with E-state index in [-0.39, 0.29) is 0 Å². The number of halogens is 2. The van der Waals surface area contributed by atoms with E-state index in [4.69, 9.17) is 0 Å². The first-order valence-electron chi connectivity index (χ1n) is 13.4. The molecule has 1 aromatic rings. The van der Waals surface area contributed by atoms with Gasteiger partial charge < -0.3 is 15.1 Å². The van der Waals surface area contributed by atoms with Crippen molar-refractivity contribution in [2.24, 2.45) is 23.7 Å². The van der Waals surface area contributed by atoms with Crippen LogP contribution < -0.4 is 5.32 Å². The zero-order chi connectivity index (χ0) is 27.1. The van der Waals surface area contributed by atoms with Gasteiger partial charge in [-0.3, -0.25) is 0 Å². The minimum atomic E-state index is -0.948. The predicted molar refractivity (Wildman–Crippen MR) is 149 cm³/mol. The molecule has 1 N–H and O–H groups in total. The van der Waals surface area contributed by atoms with Gasteiger partial charge in [0.1, 0.15) is 11.4 Å². The average Bonchev–Trinajstić information content (AvgIpc) is 3.08. The maximum atomic E-state index is 14.5. The molecule has 37 heavy (non-hydrogen) atoms. The number of rotatable bonds is 7. The molecule has 0 radical (unpaired) electrons. The fraction of sp³-hybridized carbons (Fsp3) is 0.438. The topological polar surface area (TPSA) is 18.5 Å². The van der Waals surface area contributed by atoms with Gasteiger partial charge in [-0.2, -0.15) is 0 Å². The van der Waals surface area contributed by atoms with Crippen LogP contribution in [0.5, 0.6) is 0 Å². The van der Waals surface area contributed by atoms with Crippen LogP contribution in [0.4, 0.5) is 8.78 Å². The number of benzene rings is 1. The molecule has 2 unspecified atom stereocenters. The van der Waals surface area contributed by atoms with Crippen molar-refractivity contribution < 1.29 is 8.78 Å². The lowest BCUT2D eigenvalue weighted by atomic mass is 9.68. The largest absolute Gasteiger partial charge is 0.355 e. The standard InChI is InChI=1S/C32H41F2N3/c1-20(2)29-13-11-21(3)16-27(29)17-23(5)37-25(7)32(35-26(37)8,28-12-14-30(33)31(34)18-28)19-36-15-9-10-22(4)24(36)6/h9-10,12,14-15,18,20-21,27,29,35H,5-8,11,13,16-17,19H2,1-4H3/t21-,27+,29?,32?/m1/s1. The van der Waals surface area contributed by atoms with Crippen LogP contribution >= 0.6 is 0 Å². The van der Waals surface area contributed by atoms with Crippen molar-refractivity contribution in [2.75, 3.05) is 6.54 Å². The Kier molecular flexibility index (Phi) is 7.55. The van der Waals surface area contributed by atoms with Gasteiger partial charge in [0, 0.05) is 23.3 Å². The Labute approximate surface area is 221 Å². The van der Waals surface area contributed by atoms with E-state index in [2.05, 4.69) is 52.4 Å². The molecule has 3 nitrogen and oxygen atoms in total. The van der Waals surface area contributed by atoms with Crippen molar-refractivity contribution in [2.45, 2.75) is 58.9 Å². The van der Waals surface area contributed by atoms with Gasteiger partial charge >= 0.3 is 0 Å². The molecule has 1 saturated heterocycles. The monoisotopic (exact) mass is 505 g/mol. The molecule has 1 aliphatic carbocycles. The Balaban J connectivity index is 1.68. The quantitative estimate of drug-likeness (QED) is 0.406. The number of hydrogen-bond donors (Lipinski definition) is 1. The van der Waals surface area contributed by atoms with Crippen molar-refractivity contribution in [3.63, 3.8) is 0 Å². The van der Waals surface area contributed by atoms with Crippen LogP contribution in [0.3, 0.4) is 0 Å². The Morgan fingerprint density at radius 2 is 1.89 bits per heavy atom. The summed E-state index contributed by atoms with van der Waals surface area (Å²) in [7, 11) is 0. The highest BCUT2D eigenvalue weighted by molar-refractivity contribution is 5.45. The zero-order valence-corrected chi connectivity index (χ0v) is 22.8. The molecule has 0 spiro atoms. The molecule has 2 heterocycles. The summed E-state index contributed by atoms with van der Waals surface area (Å²) >= 11 is 0. The SMILES string of the molecule is C=C1C(C)=CC=CN1CC1(c2ccc(F)c(F)c2)NC(=C)N(C(=C)C[C@@H]2C[C@H](C)CCC2C(C)C)C1=C. The first-order chi connectivity index (χ1) is 17.4. The first-order valence-corrected chi connectivity index (χ1v) is 13.4. The molecule has 0 aromatic heterocycles. The normalized spacial score (nSPS) is 28.1. The van der Waals surface area contributed by atoms with Crippen molar-refractivity contribution in [1.82, 2.24) is 15.1 Å². The van der Waals surface area contributed by atoms with Gasteiger partial charge in [0.15, 0.2) is 11.6 Å². The van der Waals surface area contributed by atoms with Crippen molar-refractivity contribution in [3.05, 3.63) is 109 Å². The maximum absolute atomic E-state index is 14.5. The third kappa shape index (κ3) is 5.05. The summed E-state index contributed by atoms with van der Waals surface area (Å²) in [6.45, 7) is 26.9. The lowest BCUT2D eigenvalue weighted by Crippen LogP contribution is -2.47. The highest BCUT2D eigenvalue weighted by Crippen LogP contribution is 2.46. The summed E-state index contributed by atoms with van der Waals surface area (Å²) in [5.74, 6) is 1.37. The summed E-state index contributed by atoms with van der Waals surface area (Å²) in [5.41, 5.74) is 3.15. The summed E-state index contributed by atoms with van der Waals surface area (Å²) < 4.78 is 28.5. The molecule has 198 valence electrons. The second kappa shape index (κ2) is 10.4. The second-order valence-corrected chi connectivity index (χ2v) is 11.5. The molecule has 2 aliphatic heterocycles. The molecule has 1 aromatic carbocycles. The molecule has 3 aliphatic rings. The molecular weight excluding hydrogens is 464 g/mol. The van der Waals surface area contributed by atoms with Crippen LogP contribution in [-0.4, -0.2) is 16.3 Å². The zero-order valence-electron chi connectivity index (χ0n) is 22.8. The van der Waals surface area contributed by atoms with E-state index in [0.29, 0.717) is 47.3 Å². The van der Waals surface area contributed by atoms with Crippen LogP contribution in [0.1, 0.15) is 58.9 Å². The maximum Gasteiger partial charge on any atom is 0.159 e. The molecule has 1 saturated carbocycles. The molecule has 2 fully saturated rings. The summed E-state index contributed by atoms with van der Waals surface area (Å²) in [4.78, 5) is 4.02. The van der Waals surface area contributed by atoms with Crippen LogP contribution in [-0.2, 0) is 5.54 Å². The number of nitrogens with zero attached hydrogens (tertiary/aromatic N) is 2. The van der Waals surface area contributed by atoms with Crippen LogP contribution in [0.2, 0.25) is 0 Å². The fourth-order valence-corrected chi connectivity index (χ4v) is 6.47. The minimum absolute atomic E-state index is 0.384. The fourth-order valence-electron chi connectivity index (χ4n) is 6.47. The second-order valence-electron chi connectivity index (χ2n) is 11.5. The highest BCUT2D eigenvalue weighted by Gasteiger charge is 2.48. The van der Waals surface area contributed by atoms with Crippen LogP contribution in [0.25, 0.3) is 0 Å². The summed E-state index contributed by atoms with van der Waals surface area (Å²) in [6.07, 6.45) is 10.5. The van der Waals surface area contributed by atoms with Gasteiger partial charge in [-0.1, -0.05) is 65.7 Å². The Hall–Kier alpha value is -3.08. The Morgan fingerprint density at radius 1 is 1.16 bits per heavy atom. The van der Waals surface area contributed by atoms with E-state index in [1.165, 1.54) is 31.4 Å². The molecule has 0 bridgehead atoms. The van der Waals surface area contributed by atoms with Gasteiger partial charge in [0.25, 0.3) is 0 Å². The Morgan fingerprint density at radius 3 is 2.57 bits per heavy atom. The van der Waals surface area contributed by atoms with E-state index < -0.39 is 17.2 Å². The molecule has 4 atom stereocenters. The van der Waals surface area contributed by atoms with Crippen molar-refractivity contribution in [1.29, 1.82) is 0 Å². The van der Waals surface area contributed by atoms with E-state index in [0.717, 1.165) is 23.4 Å². The molecule has 0 amide bonds. The predicted octanol–water partition coefficient (Wildman–Crippen LogP) is 7.95. The Bertz CT molecular complexity index is 1180. The third-order valence-electron chi connectivity index (χ3n) is 8.60. The van der Waals surface area contributed by atoms with Gasteiger partial charge in [0.2, 0.25) is 0 Å². The third-order valence-corrected chi connectivity index (χ3v) is 8.60. The number of nitrogens with one attached hydrogen (secondary N) is 1. The van der Waals surface area contributed by atoms with E-state index >= 15 is 0 Å². The van der Waals surface area contributed by atoms with Gasteiger partial charge in [-0.25, -0.2) is 8.78 Å². The van der Waals surface area contributed by atoms with Gasteiger partial charge in [0.05, 0.1) is 6.54 Å². The van der Waals surface area contributed by atoms with Crippen molar-refractivity contribution >= 4 is 0 Å². The summed E-state index contributed by atoms with van der Waals surface area (Å²) in [5, 5.41) is 3.52. The lowest BCUT2D eigenvalue weighted by molar-refractivity contribution is 0.139. The molecular formula is C32H41F2N3. The average molecular weight is 506 g/mol. The van der Waals surface area contributed by atoms with Gasteiger partial charge in [-0.15, -0.1) is 0 Å². The highest BCUT2D eigenvalue weighted by atomic mass is 19.2. The molecule has 5 heteroatoms. The van der Waals surface area contributed by atoms with E-state index in [9.17, 15) is 8.78 Å². The minimum Gasteiger partial charge on any atom is -0.355 e. The number of hydrogen-bond acceptors (Lipinski definition) is 3. The summed E-state index contributed by atoms with van der Waals surface area (Å²) in [6, 6.07) is 4.04. The van der Waals surface area contributed by atoms with Crippen LogP contribution in [0.15, 0.2) is 91.4 Å².